The fourth-order valence-corrected chi connectivity index (χ4v) is 5.90. The molecule has 5 rings (SSSR count). The highest BCUT2D eigenvalue weighted by Gasteiger charge is 2.62. The maximum atomic E-state index is 11.6. The molecule has 28 heavy (non-hydrogen) atoms. The van der Waals surface area contributed by atoms with Crippen LogP contribution in [0.4, 0.5) is 5.95 Å². The van der Waals surface area contributed by atoms with Gasteiger partial charge in [0.1, 0.15) is 11.9 Å². The molecule has 3 saturated carbocycles. The molecule has 152 valence electrons. The summed E-state index contributed by atoms with van der Waals surface area (Å²) >= 11 is 0. The van der Waals surface area contributed by atoms with Gasteiger partial charge in [0, 0.05) is 23.2 Å². The van der Waals surface area contributed by atoms with Crippen molar-refractivity contribution in [1.82, 2.24) is 14.6 Å². The van der Waals surface area contributed by atoms with Crippen LogP contribution in [0.3, 0.4) is 0 Å². The normalized spacial score (nSPS) is 31.4. The molecule has 2 aromatic rings. The molecular weight excluding hydrogens is 376 g/mol. The average molecular weight is 405 g/mol. The Kier molecular flexibility index (Phi) is 3.65. The lowest BCUT2D eigenvalue weighted by molar-refractivity contribution is 0.0296. The SMILES string of the molecule is CC1(C)C2CC[C@]1(C)[C@H](Oc1cc3nnc(NS(C)(=O)=O)n3cc1C1CC1)C2. The van der Waals surface area contributed by atoms with Crippen molar-refractivity contribution in [3.05, 3.63) is 17.8 Å². The van der Waals surface area contributed by atoms with Gasteiger partial charge in [-0.1, -0.05) is 20.8 Å². The van der Waals surface area contributed by atoms with Crippen LogP contribution >= 0.6 is 0 Å². The first-order chi connectivity index (χ1) is 13.1. The van der Waals surface area contributed by atoms with E-state index in [0.717, 1.165) is 36.8 Å². The van der Waals surface area contributed by atoms with Gasteiger partial charge in [0.25, 0.3) is 0 Å². The van der Waals surface area contributed by atoms with Crippen molar-refractivity contribution < 1.29 is 13.2 Å². The molecule has 2 aromatic heterocycles. The Labute approximate surface area is 165 Å². The third kappa shape index (κ3) is 2.64. The molecule has 3 atom stereocenters. The summed E-state index contributed by atoms with van der Waals surface area (Å²) in [7, 11) is -3.42. The number of nitrogens with one attached hydrogen (secondary N) is 1. The highest BCUT2D eigenvalue weighted by Crippen LogP contribution is 2.66. The summed E-state index contributed by atoms with van der Waals surface area (Å²) in [5.74, 6) is 2.29. The highest BCUT2D eigenvalue weighted by atomic mass is 32.2. The van der Waals surface area contributed by atoms with E-state index >= 15 is 0 Å². The Morgan fingerprint density at radius 2 is 1.96 bits per heavy atom. The predicted octanol–water partition coefficient (Wildman–Crippen LogP) is 3.57. The van der Waals surface area contributed by atoms with Gasteiger partial charge in [0.05, 0.1) is 6.26 Å². The molecule has 0 aliphatic heterocycles. The van der Waals surface area contributed by atoms with Crippen LogP contribution in [0.5, 0.6) is 5.75 Å². The Balaban J connectivity index is 1.53. The van der Waals surface area contributed by atoms with E-state index in [-0.39, 0.29) is 17.5 Å². The van der Waals surface area contributed by atoms with Gasteiger partial charge in [-0.3, -0.25) is 9.12 Å². The smallest absolute Gasteiger partial charge is 0.242 e. The molecule has 0 radical (unpaired) electrons. The largest absolute Gasteiger partial charge is 0.489 e. The first-order valence-corrected chi connectivity index (χ1v) is 12.0. The number of sulfonamides is 1. The van der Waals surface area contributed by atoms with Crippen LogP contribution in [0.25, 0.3) is 5.65 Å². The minimum atomic E-state index is -3.42. The van der Waals surface area contributed by atoms with Gasteiger partial charge in [-0.2, -0.15) is 0 Å². The predicted molar refractivity (Wildman–Crippen MR) is 107 cm³/mol. The lowest BCUT2D eigenvalue weighted by Gasteiger charge is -2.39. The number of pyridine rings is 1. The molecule has 2 bridgehead atoms. The maximum absolute atomic E-state index is 11.6. The van der Waals surface area contributed by atoms with Gasteiger partial charge in [-0.15, -0.1) is 10.2 Å². The number of hydrogen-bond acceptors (Lipinski definition) is 5. The van der Waals surface area contributed by atoms with E-state index in [2.05, 4.69) is 35.7 Å². The minimum Gasteiger partial charge on any atom is -0.489 e. The number of fused-ring (bicyclic) bond motifs is 3. The molecule has 0 aromatic carbocycles. The van der Waals surface area contributed by atoms with Gasteiger partial charge < -0.3 is 4.74 Å². The maximum Gasteiger partial charge on any atom is 0.242 e. The lowest BCUT2D eigenvalue weighted by atomic mass is 9.70. The molecule has 3 aliphatic rings. The van der Waals surface area contributed by atoms with Crippen LogP contribution in [0.15, 0.2) is 12.3 Å². The molecule has 8 heteroatoms. The summed E-state index contributed by atoms with van der Waals surface area (Å²) in [6, 6.07) is 1.93. The Hall–Kier alpha value is -1.83. The first kappa shape index (κ1) is 18.2. The fraction of sp³-hybridized carbons (Fsp3) is 0.700. The zero-order valence-electron chi connectivity index (χ0n) is 16.9. The number of ether oxygens (including phenoxy) is 1. The Morgan fingerprint density at radius 3 is 2.54 bits per heavy atom. The molecule has 2 heterocycles. The third-order valence-corrected chi connectivity index (χ3v) is 8.37. The monoisotopic (exact) mass is 404 g/mol. The zero-order valence-corrected chi connectivity index (χ0v) is 17.7. The van der Waals surface area contributed by atoms with E-state index in [1.165, 1.54) is 12.8 Å². The van der Waals surface area contributed by atoms with Crippen molar-refractivity contribution in [2.45, 2.75) is 64.9 Å². The van der Waals surface area contributed by atoms with Gasteiger partial charge >= 0.3 is 0 Å². The molecule has 3 aliphatic carbocycles. The van der Waals surface area contributed by atoms with Crippen molar-refractivity contribution in [2.24, 2.45) is 16.7 Å². The van der Waals surface area contributed by atoms with Crippen LogP contribution in [-0.2, 0) is 10.0 Å². The van der Waals surface area contributed by atoms with E-state index in [0.29, 0.717) is 22.9 Å². The van der Waals surface area contributed by atoms with Crippen molar-refractivity contribution >= 4 is 21.6 Å². The number of nitrogens with zero attached hydrogens (tertiary/aromatic N) is 3. The van der Waals surface area contributed by atoms with Crippen LogP contribution in [-0.4, -0.2) is 35.4 Å². The first-order valence-electron chi connectivity index (χ1n) is 10.1. The average Bonchev–Trinajstić information content (AvgIpc) is 3.30. The van der Waals surface area contributed by atoms with Crippen molar-refractivity contribution in [1.29, 1.82) is 0 Å². The van der Waals surface area contributed by atoms with Crippen LogP contribution < -0.4 is 9.46 Å². The van der Waals surface area contributed by atoms with Gasteiger partial charge in [-0.25, -0.2) is 8.42 Å². The number of rotatable bonds is 5. The molecule has 7 nitrogen and oxygen atoms in total. The Morgan fingerprint density at radius 1 is 1.21 bits per heavy atom. The topological polar surface area (TPSA) is 85.6 Å². The number of aromatic nitrogens is 3. The van der Waals surface area contributed by atoms with E-state index in [4.69, 9.17) is 4.74 Å². The minimum absolute atomic E-state index is 0.182. The molecule has 1 unspecified atom stereocenters. The highest BCUT2D eigenvalue weighted by molar-refractivity contribution is 7.91. The van der Waals surface area contributed by atoms with Gasteiger partial charge in [-0.05, 0) is 49.4 Å². The van der Waals surface area contributed by atoms with Crippen molar-refractivity contribution in [3.63, 3.8) is 0 Å². The van der Waals surface area contributed by atoms with Crippen molar-refractivity contribution in [2.75, 3.05) is 11.0 Å². The quantitative estimate of drug-likeness (QED) is 0.823. The summed E-state index contributed by atoms with van der Waals surface area (Å²) in [5, 5.41) is 8.18. The Bertz CT molecular complexity index is 1060. The molecule has 3 fully saturated rings. The van der Waals surface area contributed by atoms with Crippen LogP contribution in [0.2, 0.25) is 0 Å². The second kappa shape index (κ2) is 5.62. The molecule has 1 N–H and O–H groups in total. The molecule has 0 amide bonds. The standard InChI is InChI=1S/C20H28N4O3S/c1-19(2)13-7-8-20(19,3)16(9-13)27-15-10-17-21-22-18(23-28(4,25)26)24(17)11-14(15)12-5-6-12/h10-13,16H,5-9H2,1-4H3,(H,22,23)/t13?,16-,20-/m1/s1. The van der Waals surface area contributed by atoms with E-state index < -0.39 is 10.0 Å². The van der Waals surface area contributed by atoms with Crippen molar-refractivity contribution in [3.8, 4) is 5.75 Å². The van der Waals surface area contributed by atoms with E-state index in [1.807, 2.05) is 12.3 Å². The van der Waals surface area contributed by atoms with E-state index in [9.17, 15) is 8.42 Å². The van der Waals surface area contributed by atoms with Crippen LogP contribution in [0, 0.1) is 16.7 Å². The fourth-order valence-electron chi connectivity index (χ4n) is 5.43. The third-order valence-electron chi connectivity index (χ3n) is 7.81. The number of hydrogen-bond donors (Lipinski definition) is 1. The number of anilines is 1. The van der Waals surface area contributed by atoms with Crippen LogP contribution in [0.1, 0.15) is 64.4 Å². The second-order valence-corrected chi connectivity index (χ2v) is 11.5. The summed E-state index contributed by atoms with van der Waals surface area (Å²) < 4.78 is 34.1. The van der Waals surface area contributed by atoms with E-state index in [1.54, 1.807) is 4.40 Å². The lowest BCUT2D eigenvalue weighted by Crippen LogP contribution is -2.39. The molecule has 0 spiro atoms. The molecular formula is C20H28N4O3S. The second-order valence-electron chi connectivity index (χ2n) is 9.71. The summed E-state index contributed by atoms with van der Waals surface area (Å²) in [5.41, 5.74) is 2.20. The summed E-state index contributed by atoms with van der Waals surface area (Å²) in [4.78, 5) is 0. The molecule has 0 saturated heterocycles. The van der Waals surface area contributed by atoms with Gasteiger partial charge in [0.2, 0.25) is 16.0 Å². The summed E-state index contributed by atoms with van der Waals surface area (Å²) in [6.07, 6.45) is 9.15. The zero-order chi connectivity index (χ0) is 19.9. The van der Waals surface area contributed by atoms with Gasteiger partial charge in [0.15, 0.2) is 5.65 Å². The summed E-state index contributed by atoms with van der Waals surface area (Å²) in [6.45, 7) is 7.16.